The van der Waals surface area contributed by atoms with Gasteiger partial charge in [-0.05, 0) is 128 Å². The summed E-state index contributed by atoms with van der Waals surface area (Å²) in [5.74, 6) is 1.23. The molecule has 2 N–H and O–H groups in total. The Kier molecular flexibility index (Phi) is 30.8. The largest absolute Gasteiger partial charge is 2.00 e. The van der Waals surface area contributed by atoms with E-state index < -0.39 is 11.2 Å². The van der Waals surface area contributed by atoms with Gasteiger partial charge in [0.2, 0.25) is 0 Å². The number of aliphatic hydroxyl groups is 1. The Morgan fingerprint density at radius 1 is 0.568 bits per heavy atom. The topological polar surface area (TPSA) is 127 Å². The molecule has 3 aromatic rings. The van der Waals surface area contributed by atoms with E-state index >= 15 is 0 Å². The van der Waals surface area contributed by atoms with Crippen molar-refractivity contribution in [1.82, 2.24) is 29.8 Å². The van der Waals surface area contributed by atoms with Crippen molar-refractivity contribution >= 4 is 63.9 Å². The second-order valence-corrected chi connectivity index (χ2v) is 25.0. The Morgan fingerprint density at radius 2 is 0.892 bits per heavy atom. The van der Waals surface area contributed by atoms with E-state index in [1.807, 2.05) is 86.6 Å². The number of hydrogen-bond acceptors (Lipinski definition) is 10. The number of ether oxygens (including phenoxy) is 3. The first-order valence-corrected chi connectivity index (χ1v) is 27.1. The number of nitrogens with zero attached hydrogens (tertiary/aromatic N) is 5. The van der Waals surface area contributed by atoms with Gasteiger partial charge in [0.15, 0.2) is 0 Å². The Balaban J connectivity index is 0.000000450. The summed E-state index contributed by atoms with van der Waals surface area (Å²) in [6.45, 7) is 29.3. The van der Waals surface area contributed by atoms with Crippen LogP contribution < -0.4 is 22.3 Å². The van der Waals surface area contributed by atoms with Crippen LogP contribution in [0.1, 0.15) is 128 Å². The number of β-amino-alcohol motifs (C(OH)–C–C–N with tert-alkyl or cyclic N) is 1. The quantitative estimate of drug-likeness (QED) is 0.0893. The molecule has 0 bridgehead atoms. The molecule has 5 aliphatic rings. The Bertz CT molecular complexity index is 1990. The number of benzene rings is 3. The minimum atomic E-state index is -0.447. The van der Waals surface area contributed by atoms with Gasteiger partial charge in [-0.15, -0.1) is 0 Å². The van der Waals surface area contributed by atoms with Gasteiger partial charge in [0, 0.05) is 67.1 Å². The van der Waals surface area contributed by atoms with Gasteiger partial charge in [-0.25, -0.2) is 14.4 Å². The number of nitrogens with one attached hydrogen (secondary N) is 1. The second-order valence-electron chi connectivity index (χ2n) is 23.2. The molecule has 5 fully saturated rings. The zero-order chi connectivity index (χ0) is 54.0. The van der Waals surface area contributed by atoms with E-state index in [0.29, 0.717) is 22.9 Å². The minimum Gasteiger partial charge on any atom is -1.00 e. The second kappa shape index (κ2) is 32.9. The number of alkyl halides is 1. The van der Waals surface area contributed by atoms with Gasteiger partial charge in [-0.2, -0.15) is 35.9 Å². The van der Waals surface area contributed by atoms with Crippen LogP contribution in [-0.4, -0.2) is 190 Å². The van der Waals surface area contributed by atoms with Crippen molar-refractivity contribution in [2.45, 2.75) is 160 Å². The van der Waals surface area contributed by atoms with Crippen molar-refractivity contribution in [3.8, 4) is 0 Å². The van der Waals surface area contributed by atoms with E-state index in [0.717, 1.165) is 57.3 Å². The molecular formula is C58H92BrIMgN6O7. The van der Waals surface area contributed by atoms with Gasteiger partial charge >= 0.3 is 41.3 Å². The number of aliphatic hydroxyl groups excluding tert-OH is 1. The number of likely N-dealkylation sites (N-methyl/N-ethyl adjacent to an activating group) is 2. The predicted molar refractivity (Wildman–Crippen MR) is 307 cm³/mol. The third kappa shape index (κ3) is 27.1. The Labute approximate surface area is 487 Å². The van der Waals surface area contributed by atoms with Crippen molar-refractivity contribution in [3.05, 3.63) is 107 Å². The molecule has 0 aromatic heterocycles. The minimum absolute atomic E-state index is 0. The molecular weight excluding hydrogens is 1120 g/mol. The average Bonchev–Trinajstić information content (AvgIpc) is 3.21. The monoisotopic (exact) mass is 1210 g/mol. The van der Waals surface area contributed by atoms with Crippen LogP contribution in [0.25, 0.3) is 0 Å². The molecule has 16 heteroatoms. The molecule has 0 spiro atoms. The number of halogens is 2. The molecule has 4 saturated heterocycles. The Hall–Kier alpha value is -2.71. The maximum atomic E-state index is 11.8. The molecule has 0 radical (unpaired) electrons. The fourth-order valence-electron chi connectivity index (χ4n) is 7.96. The summed E-state index contributed by atoms with van der Waals surface area (Å²) in [7, 11) is 8.80. The molecule has 2 atom stereocenters. The normalized spacial score (nSPS) is 18.7. The van der Waals surface area contributed by atoms with Crippen LogP contribution in [-0.2, 0) is 14.2 Å². The van der Waals surface area contributed by atoms with Crippen LogP contribution in [0.4, 0.5) is 14.4 Å². The summed E-state index contributed by atoms with van der Waals surface area (Å²) in [5, 5.41) is 12.2. The first kappa shape index (κ1) is 69.3. The molecule has 3 amide bonds. The van der Waals surface area contributed by atoms with Crippen LogP contribution in [0.5, 0.6) is 0 Å². The smallest absolute Gasteiger partial charge is 1.00 e. The van der Waals surface area contributed by atoms with Crippen molar-refractivity contribution in [2.75, 3.05) is 80.5 Å². The zero-order valence-electron chi connectivity index (χ0n) is 48.0. The summed E-state index contributed by atoms with van der Waals surface area (Å²) in [5.41, 5.74) is 5.47. The maximum absolute atomic E-state index is 11.8. The van der Waals surface area contributed by atoms with E-state index in [2.05, 4.69) is 141 Å². The van der Waals surface area contributed by atoms with Crippen LogP contribution in [0.15, 0.2) is 72.8 Å². The summed E-state index contributed by atoms with van der Waals surface area (Å²) in [6, 6.07) is 29.7. The van der Waals surface area contributed by atoms with Gasteiger partial charge in [0.05, 0.1) is 19.2 Å². The predicted octanol–water partition coefficient (Wildman–Crippen LogP) is 7.49. The van der Waals surface area contributed by atoms with Gasteiger partial charge in [-0.3, -0.25) is 0 Å². The number of aryl methyl sites for hydroxylation is 3. The van der Waals surface area contributed by atoms with Crippen LogP contribution in [0.2, 0.25) is 0 Å². The SMILES string of the molecule is CC(C)(C)OC(=O)N1CC(I)C1.CC(C)(C)OC(=O)N1CC(O)C1.CN(C)[C@@H]1CCCC[C@H]1N(C)C.Cc1cc[c-]cc1.Cc1ccc(C2CN(C(=O)OC(C)(C)C)C2)cc1.Cc1ccc(C2CNC2)cc1.[Br-].[Mg+2]. The molecule has 3 aromatic carbocycles. The first-order valence-electron chi connectivity index (χ1n) is 25.9. The van der Waals surface area contributed by atoms with E-state index in [9.17, 15) is 14.4 Å². The molecule has 74 heavy (non-hydrogen) atoms. The van der Waals surface area contributed by atoms with Crippen molar-refractivity contribution in [3.63, 3.8) is 0 Å². The van der Waals surface area contributed by atoms with Crippen LogP contribution >= 0.6 is 22.6 Å². The average molecular weight is 1220 g/mol. The van der Waals surface area contributed by atoms with Crippen molar-refractivity contribution in [2.24, 2.45) is 0 Å². The van der Waals surface area contributed by atoms with Gasteiger partial charge in [-0.1, -0.05) is 102 Å². The first-order chi connectivity index (χ1) is 33.5. The van der Waals surface area contributed by atoms with Crippen LogP contribution in [0, 0.1) is 26.8 Å². The van der Waals surface area contributed by atoms with E-state index in [4.69, 9.17) is 19.3 Å². The summed E-state index contributed by atoms with van der Waals surface area (Å²) < 4.78 is 16.2. The summed E-state index contributed by atoms with van der Waals surface area (Å²) >= 11 is 2.33. The number of carbonyl (C=O) groups is 3. The van der Waals surface area contributed by atoms with Crippen molar-refractivity contribution in [1.29, 1.82) is 0 Å². The molecule has 4 heterocycles. The Morgan fingerprint density at radius 3 is 1.16 bits per heavy atom. The molecule has 8 rings (SSSR count). The summed E-state index contributed by atoms with van der Waals surface area (Å²) in [4.78, 5) is 44.0. The molecule has 13 nitrogen and oxygen atoms in total. The van der Waals surface area contributed by atoms with Crippen LogP contribution in [0.3, 0.4) is 0 Å². The molecule has 412 valence electrons. The fourth-order valence-corrected chi connectivity index (χ4v) is 8.92. The van der Waals surface area contributed by atoms with Gasteiger partial charge < -0.3 is 66.1 Å². The zero-order valence-corrected chi connectivity index (χ0v) is 53.1. The number of rotatable bonds is 4. The van der Waals surface area contributed by atoms with Gasteiger partial charge in [0.25, 0.3) is 0 Å². The summed E-state index contributed by atoms with van der Waals surface area (Å²) in [6.07, 6.45) is 4.47. The molecule has 0 unspecified atom stereocenters. The number of likely N-dealkylation sites (tertiary alicyclic amines) is 3. The third-order valence-corrected chi connectivity index (χ3v) is 13.1. The molecule has 1 aliphatic carbocycles. The number of hydrogen-bond donors (Lipinski definition) is 2. The molecule has 4 aliphatic heterocycles. The van der Waals surface area contributed by atoms with Crippen molar-refractivity contribution < 1.29 is 50.7 Å². The fraction of sp³-hybridized carbons (Fsp3) is 0.638. The van der Waals surface area contributed by atoms with Gasteiger partial charge in [0.1, 0.15) is 16.8 Å². The molecule has 1 saturated carbocycles. The van der Waals surface area contributed by atoms with E-state index in [1.165, 1.54) is 58.4 Å². The number of carbonyl (C=O) groups excluding carboxylic acids is 3. The number of amides is 3. The van der Waals surface area contributed by atoms with E-state index in [1.54, 1.807) is 9.80 Å². The maximum Gasteiger partial charge on any atom is 2.00 e. The van der Waals surface area contributed by atoms with E-state index in [-0.39, 0.29) is 70.0 Å². The third-order valence-electron chi connectivity index (χ3n) is 12.3. The standard InChI is InChI=1S/C15H21NO2.C10H22N2.C10H13N.C8H14INO2.C8H15NO3.C7H7.BrH.Mg/c1-11-5-7-12(8-6-11)13-9-16(10-13)14(17)18-15(2,3)4;1-11(2)9-7-5-6-8-10(9)12(3)4;1-8-2-4-9(5-3-8)10-6-11-7-10;1-8(2,3)12-7(11)10-4-6(9)5-10;1-8(2,3)12-7(11)9-4-6(10)5-9;1-7-5-3-2-4-6-7;;/h5-8,13H,9-10H2,1-4H3;9-10H,5-8H2,1-4H3;2-5,10-11H,6-7H2,1H3;6H,4-5H2,1-3H3;6,10H,4-5H2,1-3H3;3-6H,1H3;1H;/q;;;;;-1;;+2/p-1/t;9-,10-;;;;;;/m.1....../s1.